The molecule has 16 heavy (non-hydrogen) atoms. The number of carbonyl (C=O) groups is 1. The van der Waals surface area contributed by atoms with Gasteiger partial charge in [0.15, 0.2) is 0 Å². The summed E-state index contributed by atoms with van der Waals surface area (Å²) in [6, 6.07) is 2.71. The van der Waals surface area contributed by atoms with Gasteiger partial charge >= 0.3 is 5.97 Å². The van der Waals surface area contributed by atoms with Crippen molar-refractivity contribution in [1.29, 1.82) is 0 Å². The number of nitrogens with one attached hydrogen (secondary N) is 1. The summed E-state index contributed by atoms with van der Waals surface area (Å²) in [5, 5.41) is 15.3. The van der Waals surface area contributed by atoms with Crippen molar-refractivity contribution in [3.05, 3.63) is 40.5 Å². The molecule has 0 aliphatic carbocycles. The van der Waals surface area contributed by atoms with E-state index in [1.54, 1.807) is 11.4 Å². The van der Waals surface area contributed by atoms with Crippen LogP contribution in [0.5, 0.6) is 0 Å². The Bertz CT molecular complexity index is 514. The lowest BCUT2D eigenvalue weighted by Gasteiger charge is -2.06. The zero-order valence-corrected chi connectivity index (χ0v) is 8.79. The minimum Gasteiger partial charge on any atom is -0.478 e. The van der Waals surface area contributed by atoms with E-state index in [9.17, 15) is 9.18 Å². The van der Waals surface area contributed by atoms with Crippen LogP contribution in [0, 0.1) is 5.82 Å². The molecule has 0 saturated carbocycles. The van der Waals surface area contributed by atoms with Crippen LogP contribution >= 0.6 is 11.3 Å². The van der Waals surface area contributed by atoms with Gasteiger partial charge in [0.2, 0.25) is 0 Å². The second-order valence-electron chi connectivity index (χ2n) is 2.99. The fraction of sp³-hybridized carbons (Fsp3) is 0. The predicted molar refractivity (Wildman–Crippen MR) is 58.8 cm³/mol. The molecule has 0 aliphatic heterocycles. The Hall–Kier alpha value is -1.95. The standard InChI is InChI=1S/C10H7FN2O2S/c11-6-3-8(10(14)15)9(12-4-6)13-7-1-2-16-5-7/h1-5H,(H,12,13)(H,14,15). The van der Waals surface area contributed by atoms with Gasteiger partial charge in [-0.1, -0.05) is 0 Å². The SMILES string of the molecule is O=C(O)c1cc(F)cnc1Nc1ccsc1. The Kier molecular flexibility index (Phi) is 2.82. The van der Waals surface area contributed by atoms with Crippen LogP contribution in [0.1, 0.15) is 10.4 Å². The van der Waals surface area contributed by atoms with Gasteiger partial charge in [-0.25, -0.2) is 14.2 Å². The minimum atomic E-state index is -1.22. The van der Waals surface area contributed by atoms with E-state index in [0.717, 1.165) is 18.0 Å². The highest BCUT2D eigenvalue weighted by molar-refractivity contribution is 7.08. The van der Waals surface area contributed by atoms with Crippen LogP contribution in [0.2, 0.25) is 0 Å². The number of thiophene rings is 1. The van der Waals surface area contributed by atoms with E-state index in [2.05, 4.69) is 10.3 Å². The number of hydrogen-bond acceptors (Lipinski definition) is 4. The maximum Gasteiger partial charge on any atom is 0.339 e. The number of aromatic nitrogens is 1. The van der Waals surface area contributed by atoms with E-state index in [1.807, 2.05) is 5.38 Å². The number of pyridine rings is 1. The van der Waals surface area contributed by atoms with E-state index < -0.39 is 11.8 Å². The Balaban J connectivity index is 2.36. The smallest absolute Gasteiger partial charge is 0.339 e. The topological polar surface area (TPSA) is 62.2 Å². The molecule has 2 N–H and O–H groups in total. The number of hydrogen-bond donors (Lipinski definition) is 2. The zero-order valence-electron chi connectivity index (χ0n) is 7.98. The molecule has 4 nitrogen and oxygen atoms in total. The van der Waals surface area contributed by atoms with E-state index >= 15 is 0 Å². The van der Waals surface area contributed by atoms with E-state index in [0.29, 0.717) is 0 Å². The summed E-state index contributed by atoms with van der Waals surface area (Å²) < 4.78 is 12.8. The van der Waals surface area contributed by atoms with E-state index in [-0.39, 0.29) is 11.4 Å². The Morgan fingerprint density at radius 1 is 1.56 bits per heavy atom. The van der Waals surface area contributed by atoms with Gasteiger partial charge in [0.05, 0.1) is 11.9 Å². The lowest BCUT2D eigenvalue weighted by Crippen LogP contribution is -2.05. The summed E-state index contributed by atoms with van der Waals surface area (Å²) in [6.45, 7) is 0. The number of anilines is 2. The van der Waals surface area contributed by atoms with Crippen molar-refractivity contribution < 1.29 is 14.3 Å². The highest BCUT2D eigenvalue weighted by atomic mass is 32.1. The average molecular weight is 238 g/mol. The first-order valence-electron chi connectivity index (χ1n) is 4.35. The maximum atomic E-state index is 12.8. The number of carboxylic acid groups (broad SMARTS) is 1. The van der Waals surface area contributed by atoms with Crippen molar-refractivity contribution in [3.8, 4) is 0 Å². The van der Waals surface area contributed by atoms with Crippen molar-refractivity contribution in [1.82, 2.24) is 4.98 Å². The van der Waals surface area contributed by atoms with Crippen LogP contribution < -0.4 is 5.32 Å². The molecule has 0 saturated heterocycles. The van der Waals surface area contributed by atoms with Gasteiger partial charge in [-0.2, -0.15) is 11.3 Å². The van der Waals surface area contributed by atoms with Crippen LogP contribution in [0.4, 0.5) is 15.9 Å². The van der Waals surface area contributed by atoms with Crippen molar-refractivity contribution in [2.45, 2.75) is 0 Å². The summed E-state index contributed by atoms with van der Waals surface area (Å²) in [5.41, 5.74) is 0.540. The van der Waals surface area contributed by atoms with Gasteiger partial charge in [0.25, 0.3) is 0 Å². The number of nitrogens with zero attached hydrogens (tertiary/aromatic N) is 1. The molecule has 2 aromatic heterocycles. The van der Waals surface area contributed by atoms with Crippen molar-refractivity contribution in [3.63, 3.8) is 0 Å². The molecule has 0 atom stereocenters. The number of carboxylic acids is 1. The van der Waals surface area contributed by atoms with Crippen molar-refractivity contribution in [2.24, 2.45) is 0 Å². The maximum absolute atomic E-state index is 12.8. The first-order chi connectivity index (χ1) is 7.66. The molecule has 0 amide bonds. The van der Waals surface area contributed by atoms with Crippen LogP contribution in [0.25, 0.3) is 0 Å². The molecule has 0 aliphatic rings. The fourth-order valence-electron chi connectivity index (χ4n) is 1.17. The molecule has 0 aromatic carbocycles. The molecular formula is C10H7FN2O2S. The van der Waals surface area contributed by atoms with E-state index in [4.69, 9.17) is 5.11 Å². The molecule has 0 spiro atoms. The molecule has 0 fully saturated rings. The molecular weight excluding hydrogens is 231 g/mol. The summed E-state index contributed by atoms with van der Waals surface area (Å²) in [7, 11) is 0. The highest BCUT2D eigenvalue weighted by Crippen LogP contribution is 2.21. The van der Waals surface area contributed by atoms with Gasteiger partial charge in [-0.15, -0.1) is 0 Å². The average Bonchev–Trinajstić information content (AvgIpc) is 2.73. The van der Waals surface area contributed by atoms with Crippen LogP contribution in [0.15, 0.2) is 29.1 Å². The number of halogens is 1. The van der Waals surface area contributed by atoms with Gasteiger partial charge in [0.1, 0.15) is 17.2 Å². The quantitative estimate of drug-likeness (QED) is 0.863. The number of rotatable bonds is 3. The third-order valence-corrected chi connectivity index (χ3v) is 2.55. The summed E-state index contributed by atoms with van der Waals surface area (Å²) >= 11 is 1.46. The van der Waals surface area contributed by atoms with Crippen LogP contribution in [-0.4, -0.2) is 16.1 Å². The Morgan fingerprint density at radius 3 is 3.00 bits per heavy atom. The third kappa shape index (κ3) is 2.17. The number of aromatic carboxylic acids is 1. The van der Waals surface area contributed by atoms with Crippen LogP contribution in [-0.2, 0) is 0 Å². The monoisotopic (exact) mass is 238 g/mol. The Morgan fingerprint density at radius 2 is 2.38 bits per heavy atom. The first kappa shape index (κ1) is 10.6. The molecule has 82 valence electrons. The van der Waals surface area contributed by atoms with Gasteiger partial charge in [-0.3, -0.25) is 0 Å². The lowest BCUT2D eigenvalue weighted by molar-refractivity contribution is 0.0697. The zero-order chi connectivity index (χ0) is 11.5. The van der Waals surface area contributed by atoms with Gasteiger partial charge in [0, 0.05) is 5.38 Å². The summed E-state index contributed by atoms with van der Waals surface area (Å²) in [5.74, 6) is -1.76. The minimum absolute atomic E-state index is 0.132. The first-order valence-corrected chi connectivity index (χ1v) is 5.29. The second kappa shape index (κ2) is 4.28. The highest BCUT2D eigenvalue weighted by Gasteiger charge is 2.12. The third-order valence-electron chi connectivity index (χ3n) is 1.87. The van der Waals surface area contributed by atoms with Crippen molar-refractivity contribution in [2.75, 3.05) is 5.32 Å². The largest absolute Gasteiger partial charge is 0.478 e. The molecule has 0 bridgehead atoms. The summed E-state index contributed by atoms with van der Waals surface area (Å²) in [6.07, 6.45) is 0.973. The van der Waals surface area contributed by atoms with Gasteiger partial charge in [-0.05, 0) is 17.5 Å². The molecule has 2 heterocycles. The molecule has 2 aromatic rings. The predicted octanol–water partition coefficient (Wildman–Crippen LogP) is 2.72. The van der Waals surface area contributed by atoms with Gasteiger partial charge < -0.3 is 10.4 Å². The molecule has 6 heteroatoms. The van der Waals surface area contributed by atoms with E-state index in [1.165, 1.54) is 11.3 Å². The second-order valence-corrected chi connectivity index (χ2v) is 3.77. The molecule has 2 rings (SSSR count). The molecule has 0 unspecified atom stereocenters. The Labute approximate surface area is 94.4 Å². The normalized spacial score (nSPS) is 10.1. The summed E-state index contributed by atoms with van der Waals surface area (Å²) in [4.78, 5) is 14.6. The van der Waals surface area contributed by atoms with Crippen LogP contribution in [0.3, 0.4) is 0 Å². The molecule has 0 radical (unpaired) electrons. The fourth-order valence-corrected chi connectivity index (χ4v) is 1.76. The van der Waals surface area contributed by atoms with Crippen molar-refractivity contribution >= 4 is 28.8 Å². The lowest BCUT2D eigenvalue weighted by atomic mass is 10.2.